The SMILES string of the molecule is NC1CC2C(N)C2C1. The lowest BCUT2D eigenvalue weighted by Gasteiger charge is -2.03. The molecule has 2 unspecified atom stereocenters. The first-order chi connectivity index (χ1) is 3.79. The van der Waals surface area contributed by atoms with Gasteiger partial charge in [0.1, 0.15) is 0 Å². The number of hydrogen-bond donors (Lipinski definition) is 2. The summed E-state index contributed by atoms with van der Waals surface area (Å²) in [4.78, 5) is 0. The summed E-state index contributed by atoms with van der Waals surface area (Å²) in [6.07, 6.45) is 2.37. The lowest BCUT2D eigenvalue weighted by atomic mass is 10.1. The fraction of sp³-hybridized carbons (Fsp3) is 1.00. The highest BCUT2D eigenvalue weighted by Gasteiger charge is 2.52. The van der Waals surface area contributed by atoms with Crippen LogP contribution in [0.2, 0.25) is 0 Å². The number of rotatable bonds is 0. The monoisotopic (exact) mass is 112 g/mol. The van der Waals surface area contributed by atoms with Gasteiger partial charge in [-0.2, -0.15) is 0 Å². The Morgan fingerprint density at radius 1 is 1.00 bits per heavy atom. The second kappa shape index (κ2) is 1.25. The van der Waals surface area contributed by atoms with E-state index < -0.39 is 0 Å². The van der Waals surface area contributed by atoms with Crippen LogP contribution in [0.25, 0.3) is 0 Å². The predicted molar refractivity (Wildman–Crippen MR) is 32.2 cm³/mol. The molecule has 2 rings (SSSR count). The minimum Gasteiger partial charge on any atom is -0.328 e. The van der Waals surface area contributed by atoms with Crippen molar-refractivity contribution in [1.29, 1.82) is 0 Å². The summed E-state index contributed by atoms with van der Waals surface area (Å²) in [5, 5.41) is 0. The summed E-state index contributed by atoms with van der Waals surface area (Å²) in [5.41, 5.74) is 11.3. The van der Waals surface area contributed by atoms with Gasteiger partial charge in [0.05, 0.1) is 0 Å². The highest BCUT2D eigenvalue weighted by molar-refractivity contribution is 5.08. The third kappa shape index (κ3) is 0.446. The molecule has 2 nitrogen and oxygen atoms in total. The molecule has 0 aromatic heterocycles. The van der Waals surface area contributed by atoms with E-state index in [0.717, 1.165) is 11.8 Å². The molecule has 0 saturated heterocycles. The van der Waals surface area contributed by atoms with E-state index in [-0.39, 0.29) is 0 Å². The van der Waals surface area contributed by atoms with Crippen LogP contribution in [0.15, 0.2) is 0 Å². The molecule has 0 amide bonds. The van der Waals surface area contributed by atoms with E-state index in [2.05, 4.69) is 0 Å². The molecule has 2 atom stereocenters. The predicted octanol–water partition coefficient (Wildman–Crippen LogP) is -0.319. The Hall–Kier alpha value is -0.0800. The van der Waals surface area contributed by atoms with Crippen LogP contribution in [0.3, 0.4) is 0 Å². The Bertz CT molecular complexity index is 101. The molecule has 2 fully saturated rings. The van der Waals surface area contributed by atoms with E-state index in [4.69, 9.17) is 11.5 Å². The zero-order chi connectivity index (χ0) is 5.72. The average Bonchev–Trinajstić information content (AvgIpc) is 2.29. The van der Waals surface area contributed by atoms with Crippen molar-refractivity contribution in [2.24, 2.45) is 23.3 Å². The van der Waals surface area contributed by atoms with Crippen molar-refractivity contribution in [1.82, 2.24) is 0 Å². The van der Waals surface area contributed by atoms with E-state index in [1.54, 1.807) is 0 Å². The van der Waals surface area contributed by atoms with E-state index in [9.17, 15) is 0 Å². The first-order valence-electron chi connectivity index (χ1n) is 3.30. The van der Waals surface area contributed by atoms with Gasteiger partial charge in [-0.3, -0.25) is 0 Å². The molecule has 2 aliphatic rings. The van der Waals surface area contributed by atoms with E-state index in [1.165, 1.54) is 12.8 Å². The zero-order valence-corrected chi connectivity index (χ0v) is 4.88. The molecule has 0 radical (unpaired) electrons. The Morgan fingerprint density at radius 3 is 1.88 bits per heavy atom. The fourth-order valence-electron chi connectivity index (χ4n) is 1.93. The lowest BCUT2D eigenvalue weighted by molar-refractivity contribution is 0.581. The van der Waals surface area contributed by atoms with Crippen LogP contribution < -0.4 is 11.5 Å². The van der Waals surface area contributed by atoms with Gasteiger partial charge in [-0.25, -0.2) is 0 Å². The van der Waals surface area contributed by atoms with Gasteiger partial charge in [-0.1, -0.05) is 0 Å². The van der Waals surface area contributed by atoms with Crippen LogP contribution in [-0.2, 0) is 0 Å². The van der Waals surface area contributed by atoms with Crippen molar-refractivity contribution >= 4 is 0 Å². The van der Waals surface area contributed by atoms with E-state index >= 15 is 0 Å². The van der Waals surface area contributed by atoms with Crippen LogP contribution in [-0.4, -0.2) is 12.1 Å². The molecule has 2 aliphatic carbocycles. The lowest BCUT2D eigenvalue weighted by Crippen LogP contribution is -2.22. The van der Waals surface area contributed by atoms with Gasteiger partial charge >= 0.3 is 0 Å². The summed E-state index contributed by atoms with van der Waals surface area (Å²) in [7, 11) is 0. The number of hydrogen-bond acceptors (Lipinski definition) is 2. The molecule has 0 spiro atoms. The van der Waals surface area contributed by atoms with Crippen molar-refractivity contribution in [2.45, 2.75) is 24.9 Å². The third-order valence-electron chi connectivity index (χ3n) is 2.55. The second-order valence-electron chi connectivity index (χ2n) is 3.14. The van der Waals surface area contributed by atoms with Crippen LogP contribution in [0.1, 0.15) is 12.8 Å². The Morgan fingerprint density at radius 2 is 1.50 bits per heavy atom. The first kappa shape index (κ1) is 4.77. The highest BCUT2D eigenvalue weighted by atomic mass is 14.9. The Kier molecular flexibility index (Phi) is 0.746. The van der Waals surface area contributed by atoms with Crippen molar-refractivity contribution in [3.8, 4) is 0 Å². The van der Waals surface area contributed by atoms with Crippen LogP contribution in [0, 0.1) is 11.8 Å². The molecule has 46 valence electrons. The molecule has 0 aromatic rings. The normalized spacial score (nSPS) is 60.8. The third-order valence-corrected chi connectivity index (χ3v) is 2.55. The molecular formula is C6H12N2. The van der Waals surface area contributed by atoms with Gasteiger partial charge in [-0.05, 0) is 24.7 Å². The van der Waals surface area contributed by atoms with Crippen molar-refractivity contribution in [3.63, 3.8) is 0 Å². The molecule has 2 heteroatoms. The maximum absolute atomic E-state index is 5.68. The smallest absolute Gasteiger partial charge is 0.0103 e. The van der Waals surface area contributed by atoms with Gasteiger partial charge < -0.3 is 11.5 Å². The number of nitrogens with two attached hydrogens (primary N) is 2. The molecule has 0 aliphatic heterocycles. The van der Waals surface area contributed by atoms with Crippen molar-refractivity contribution < 1.29 is 0 Å². The summed E-state index contributed by atoms with van der Waals surface area (Å²) in [6, 6.07) is 1.000. The molecule has 4 N–H and O–H groups in total. The maximum Gasteiger partial charge on any atom is 0.0103 e. The molecular weight excluding hydrogens is 100 g/mol. The fourth-order valence-corrected chi connectivity index (χ4v) is 1.93. The topological polar surface area (TPSA) is 52.0 Å². The molecule has 8 heavy (non-hydrogen) atoms. The Labute approximate surface area is 49.2 Å². The molecule has 0 aromatic carbocycles. The van der Waals surface area contributed by atoms with Gasteiger partial charge in [0.25, 0.3) is 0 Å². The minimum atomic E-state index is 0.477. The minimum absolute atomic E-state index is 0.477. The van der Waals surface area contributed by atoms with Gasteiger partial charge in [0.15, 0.2) is 0 Å². The van der Waals surface area contributed by atoms with Crippen molar-refractivity contribution in [3.05, 3.63) is 0 Å². The van der Waals surface area contributed by atoms with E-state index in [0.29, 0.717) is 12.1 Å². The number of fused-ring (bicyclic) bond motifs is 1. The summed E-state index contributed by atoms with van der Waals surface area (Å²) in [6.45, 7) is 0. The van der Waals surface area contributed by atoms with Gasteiger partial charge in [0.2, 0.25) is 0 Å². The van der Waals surface area contributed by atoms with Crippen molar-refractivity contribution in [2.75, 3.05) is 0 Å². The van der Waals surface area contributed by atoms with E-state index in [1.807, 2.05) is 0 Å². The highest BCUT2D eigenvalue weighted by Crippen LogP contribution is 2.49. The summed E-state index contributed by atoms with van der Waals surface area (Å²) < 4.78 is 0. The van der Waals surface area contributed by atoms with Gasteiger partial charge in [0, 0.05) is 12.1 Å². The standard InChI is InChI=1S/C6H12N2/c7-3-1-4-5(2-3)6(4)8/h3-6H,1-2,7-8H2. The Balaban J connectivity index is 2.00. The molecule has 0 bridgehead atoms. The maximum atomic E-state index is 5.68. The molecule has 0 heterocycles. The second-order valence-corrected chi connectivity index (χ2v) is 3.14. The van der Waals surface area contributed by atoms with Crippen LogP contribution in [0.4, 0.5) is 0 Å². The summed E-state index contributed by atoms with van der Waals surface area (Å²) >= 11 is 0. The molecule has 2 saturated carbocycles. The average molecular weight is 112 g/mol. The first-order valence-corrected chi connectivity index (χ1v) is 3.30. The van der Waals surface area contributed by atoms with Gasteiger partial charge in [-0.15, -0.1) is 0 Å². The quantitative estimate of drug-likeness (QED) is 0.451. The van der Waals surface area contributed by atoms with Crippen LogP contribution >= 0.6 is 0 Å². The largest absolute Gasteiger partial charge is 0.328 e. The van der Waals surface area contributed by atoms with Crippen LogP contribution in [0.5, 0.6) is 0 Å². The summed E-state index contributed by atoms with van der Waals surface area (Å²) in [5.74, 6) is 1.62. The zero-order valence-electron chi connectivity index (χ0n) is 4.88.